The van der Waals surface area contributed by atoms with E-state index in [1.807, 2.05) is 30.3 Å². The molecular formula is C51H47N3O4S2. The van der Waals surface area contributed by atoms with E-state index in [0.717, 1.165) is 139 Å². The molecule has 3 heterocycles. The summed E-state index contributed by atoms with van der Waals surface area (Å²) in [5, 5.41) is 39.8. The standard InChI is InChI=1S/C51H47N3O4S2/c1-3-5-7-10-16-37-28-41(30-39(32-52)50(55)56)59-47(37)24-20-34-18-22-45-43(26-34)49(36-14-12-9-13-15-36)44-27-35(19-23-46(44)54-45)21-25-48-38(17-11-8-6-4-2)29-42(60-48)31-40(33-53)51(57)58/h9,12-15,18-31H,3-8,10-11,16-17H2,1-2H3,(H,55,56)(H,57,58)/b24-20+,25-21+,39-30+,40-31+. The lowest BCUT2D eigenvalue weighted by Gasteiger charge is -2.13. The Hall–Kier alpha value is -6.39. The normalized spacial score (nSPS) is 12.1. The van der Waals surface area contributed by atoms with Gasteiger partial charge in [-0.15, -0.1) is 22.7 Å². The molecule has 0 aliphatic heterocycles. The highest BCUT2D eigenvalue weighted by atomic mass is 32.1. The number of carbonyl (C=O) groups is 2. The fourth-order valence-corrected chi connectivity index (χ4v) is 9.36. The third kappa shape index (κ3) is 11.0. The summed E-state index contributed by atoms with van der Waals surface area (Å²) >= 11 is 2.98. The molecule has 0 saturated carbocycles. The maximum atomic E-state index is 11.6. The summed E-state index contributed by atoms with van der Waals surface area (Å²) in [7, 11) is 0. The van der Waals surface area contributed by atoms with Crippen molar-refractivity contribution in [2.45, 2.75) is 78.1 Å². The van der Waals surface area contributed by atoms with Crippen LogP contribution in [-0.4, -0.2) is 27.1 Å². The maximum absolute atomic E-state index is 11.6. The van der Waals surface area contributed by atoms with E-state index in [4.69, 9.17) is 4.98 Å². The minimum Gasteiger partial charge on any atom is -0.477 e. The van der Waals surface area contributed by atoms with Crippen LogP contribution in [0.5, 0.6) is 0 Å². The van der Waals surface area contributed by atoms with Gasteiger partial charge in [0, 0.05) is 35.8 Å². The van der Waals surface area contributed by atoms with Crippen molar-refractivity contribution in [1.82, 2.24) is 4.98 Å². The zero-order valence-electron chi connectivity index (χ0n) is 33.9. The van der Waals surface area contributed by atoms with Gasteiger partial charge in [0.2, 0.25) is 0 Å². The van der Waals surface area contributed by atoms with Crippen molar-refractivity contribution in [3.8, 4) is 23.3 Å². The first kappa shape index (κ1) is 43.2. The number of unbranched alkanes of at least 4 members (excludes halogenated alkanes) is 6. The lowest BCUT2D eigenvalue weighted by Crippen LogP contribution is -1.96. The predicted octanol–water partition coefficient (Wildman–Crippen LogP) is 13.7. The summed E-state index contributed by atoms with van der Waals surface area (Å²) in [6.07, 6.45) is 22.0. The zero-order chi connectivity index (χ0) is 42.4. The first-order chi connectivity index (χ1) is 29.2. The van der Waals surface area contributed by atoms with Crippen LogP contribution < -0.4 is 0 Å². The van der Waals surface area contributed by atoms with Crippen LogP contribution in [-0.2, 0) is 22.4 Å². The van der Waals surface area contributed by atoms with E-state index < -0.39 is 11.9 Å². The third-order valence-electron chi connectivity index (χ3n) is 10.3. The van der Waals surface area contributed by atoms with Gasteiger partial charge in [0.1, 0.15) is 23.3 Å². The number of pyridine rings is 1. The smallest absolute Gasteiger partial charge is 0.346 e. The number of rotatable bonds is 19. The van der Waals surface area contributed by atoms with Crippen molar-refractivity contribution >= 4 is 92.9 Å². The van der Waals surface area contributed by atoms with Crippen molar-refractivity contribution in [3.63, 3.8) is 0 Å². The van der Waals surface area contributed by atoms with Gasteiger partial charge in [-0.1, -0.05) is 107 Å². The summed E-state index contributed by atoms with van der Waals surface area (Å²) in [5.41, 5.74) is 7.63. The number of carboxylic acid groups (broad SMARTS) is 2. The van der Waals surface area contributed by atoms with Crippen molar-refractivity contribution in [2.24, 2.45) is 0 Å². The van der Waals surface area contributed by atoms with E-state index in [-0.39, 0.29) is 11.1 Å². The fraction of sp³-hybridized carbons (Fsp3) is 0.235. The second-order valence-electron chi connectivity index (χ2n) is 14.7. The largest absolute Gasteiger partial charge is 0.477 e. The number of aryl methyl sites for hydroxylation is 2. The third-order valence-corrected chi connectivity index (χ3v) is 12.5. The molecule has 6 aromatic rings. The molecule has 0 aliphatic rings. The van der Waals surface area contributed by atoms with Gasteiger partial charge in [-0.25, -0.2) is 14.6 Å². The number of benzene rings is 3. The summed E-state index contributed by atoms with van der Waals surface area (Å²) in [6, 6.07) is 30.6. The molecule has 60 heavy (non-hydrogen) atoms. The molecule has 3 aromatic carbocycles. The van der Waals surface area contributed by atoms with Crippen molar-refractivity contribution in [3.05, 3.63) is 132 Å². The number of thiophene rings is 2. The molecule has 0 atom stereocenters. The predicted molar refractivity (Wildman–Crippen MR) is 249 cm³/mol. The first-order valence-corrected chi connectivity index (χ1v) is 22.1. The highest BCUT2D eigenvalue weighted by molar-refractivity contribution is 7.14. The lowest BCUT2D eigenvalue weighted by atomic mass is 9.94. The Morgan fingerprint density at radius 3 is 1.50 bits per heavy atom. The Kier molecular flexibility index (Phi) is 15.1. The summed E-state index contributed by atoms with van der Waals surface area (Å²) < 4.78 is 0. The van der Waals surface area contributed by atoms with Gasteiger partial charge < -0.3 is 10.2 Å². The quantitative estimate of drug-likeness (QED) is 0.0359. The van der Waals surface area contributed by atoms with E-state index in [9.17, 15) is 30.3 Å². The number of hydrogen-bond acceptors (Lipinski definition) is 7. The van der Waals surface area contributed by atoms with Crippen LogP contribution in [0.25, 0.3) is 69.4 Å². The van der Waals surface area contributed by atoms with E-state index in [2.05, 4.69) is 86.7 Å². The van der Waals surface area contributed by atoms with Crippen LogP contribution in [0.2, 0.25) is 0 Å². The highest BCUT2D eigenvalue weighted by Gasteiger charge is 2.15. The molecule has 3 aromatic heterocycles. The Bertz CT molecular complexity index is 2560. The van der Waals surface area contributed by atoms with Crippen molar-refractivity contribution in [1.29, 1.82) is 10.5 Å². The Morgan fingerprint density at radius 1 is 0.617 bits per heavy atom. The Balaban J connectivity index is 1.40. The van der Waals surface area contributed by atoms with Crippen LogP contribution in [0.1, 0.15) is 107 Å². The topological polar surface area (TPSA) is 135 Å². The zero-order valence-corrected chi connectivity index (χ0v) is 35.5. The molecule has 0 spiro atoms. The molecule has 0 unspecified atom stereocenters. The number of nitrogens with zero attached hydrogens (tertiary/aromatic N) is 3. The van der Waals surface area contributed by atoms with E-state index >= 15 is 0 Å². The Labute approximate surface area is 359 Å². The van der Waals surface area contributed by atoms with Gasteiger partial charge in [-0.2, -0.15) is 10.5 Å². The molecule has 0 bridgehead atoms. The maximum Gasteiger partial charge on any atom is 0.346 e. The van der Waals surface area contributed by atoms with Crippen LogP contribution in [0.3, 0.4) is 0 Å². The van der Waals surface area contributed by atoms with Crippen molar-refractivity contribution < 1.29 is 19.8 Å². The summed E-state index contributed by atoms with van der Waals surface area (Å²) in [5.74, 6) is -2.46. The molecule has 6 rings (SSSR count). The molecule has 0 radical (unpaired) electrons. The van der Waals surface area contributed by atoms with Gasteiger partial charge in [-0.05, 0) is 114 Å². The second kappa shape index (κ2) is 21.0. The molecule has 0 aliphatic carbocycles. The monoisotopic (exact) mass is 829 g/mol. The number of nitriles is 2. The molecule has 7 nitrogen and oxygen atoms in total. The number of aromatic nitrogens is 1. The van der Waals surface area contributed by atoms with Gasteiger partial charge in [-0.3, -0.25) is 0 Å². The van der Waals surface area contributed by atoms with Gasteiger partial charge in [0.15, 0.2) is 0 Å². The van der Waals surface area contributed by atoms with E-state index in [0.29, 0.717) is 0 Å². The van der Waals surface area contributed by atoms with Crippen LogP contribution in [0.4, 0.5) is 0 Å². The van der Waals surface area contributed by atoms with Crippen LogP contribution >= 0.6 is 22.7 Å². The van der Waals surface area contributed by atoms with E-state index in [1.165, 1.54) is 34.8 Å². The van der Waals surface area contributed by atoms with Gasteiger partial charge in [0.25, 0.3) is 0 Å². The average Bonchev–Trinajstić information content (AvgIpc) is 3.84. The lowest BCUT2D eigenvalue weighted by molar-refractivity contribution is -0.133. The SMILES string of the molecule is CCCCCCc1cc(/C=C(\C#N)C(=O)O)sc1/C=C/c1ccc2nc3ccc(/C=C/c4sc(/C=C(\C#N)C(=O)O)cc4CCCCCC)cc3c(-c3ccccc3)c2c1. The Morgan fingerprint density at radius 2 is 1.08 bits per heavy atom. The number of hydrogen-bond donors (Lipinski definition) is 2. The highest BCUT2D eigenvalue weighted by Crippen LogP contribution is 2.37. The first-order valence-electron chi connectivity index (χ1n) is 20.5. The fourth-order valence-electron chi connectivity index (χ4n) is 7.24. The summed E-state index contributed by atoms with van der Waals surface area (Å²) in [4.78, 5) is 31.9. The van der Waals surface area contributed by atoms with Crippen molar-refractivity contribution in [2.75, 3.05) is 0 Å². The van der Waals surface area contributed by atoms with E-state index in [1.54, 1.807) is 12.1 Å². The molecule has 9 heteroatoms. The number of carboxylic acids is 2. The molecule has 302 valence electrons. The van der Waals surface area contributed by atoms with Crippen LogP contribution in [0, 0.1) is 22.7 Å². The molecular weight excluding hydrogens is 783 g/mol. The molecule has 0 fully saturated rings. The second-order valence-corrected chi connectivity index (χ2v) is 17.0. The minimum atomic E-state index is -1.23. The summed E-state index contributed by atoms with van der Waals surface area (Å²) in [6.45, 7) is 4.37. The number of aliphatic carboxylic acids is 2. The van der Waals surface area contributed by atoms with Gasteiger partial charge >= 0.3 is 11.9 Å². The molecule has 0 amide bonds. The van der Waals surface area contributed by atoms with Gasteiger partial charge in [0.05, 0.1) is 11.0 Å². The molecule has 0 saturated heterocycles. The van der Waals surface area contributed by atoms with Crippen LogP contribution in [0.15, 0.2) is 90.0 Å². The average molecular weight is 830 g/mol. The minimum absolute atomic E-state index is 0.283. The molecule has 2 N–H and O–H groups in total. The number of fused-ring (bicyclic) bond motifs is 2.